The number of rotatable bonds is 3. The van der Waals surface area contributed by atoms with Crippen molar-refractivity contribution in [1.82, 2.24) is 9.97 Å². The molecule has 2 aromatic rings. The van der Waals surface area contributed by atoms with Gasteiger partial charge in [0.1, 0.15) is 15.5 Å². The molecule has 2 aromatic heterocycles. The van der Waals surface area contributed by atoms with E-state index in [1.807, 2.05) is 20.8 Å². The number of ether oxygens (including phenoxy) is 1. The van der Waals surface area contributed by atoms with Crippen LogP contribution < -0.4 is 0 Å². The molecule has 1 unspecified atom stereocenters. The Balaban J connectivity index is 1.80. The summed E-state index contributed by atoms with van der Waals surface area (Å²) in [6.45, 7) is 6.28. The van der Waals surface area contributed by atoms with E-state index in [2.05, 4.69) is 22.1 Å². The summed E-state index contributed by atoms with van der Waals surface area (Å²) < 4.78 is 5.54. The van der Waals surface area contributed by atoms with Gasteiger partial charge in [0, 0.05) is 11.1 Å². The quantitative estimate of drug-likeness (QED) is 0.631. The smallest absolute Gasteiger partial charge is 0.348 e. The number of hydrogen-bond acceptors (Lipinski definition) is 5. The van der Waals surface area contributed by atoms with E-state index < -0.39 is 0 Å². The van der Waals surface area contributed by atoms with Crippen LogP contribution in [0.3, 0.4) is 0 Å². The average molecular weight is 316 g/mol. The zero-order chi connectivity index (χ0) is 15.7. The number of hydrogen-bond donors (Lipinski definition) is 0. The highest BCUT2D eigenvalue weighted by atomic mass is 32.1. The van der Waals surface area contributed by atoms with Crippen molar-refractivity contribution in [2.45, 2.75) is 40.0 Å². The van der Waals surface area contributed by atoms with Crippen molar-refractivity contribution in [3.8, 4) is 0 Å². The predicted octanol–water partition coefficient (Wildman–Crippen LogP) is 4.13. The van der Waals surface area contributed by atoms with Crippen molar-refractivity contribution in [3.63, 3.8) is 0 Å². The van der Waals surface area contributed by atoms with Gasteiger partial charge in [-0.3, -0.25) is 0 Å². The Labute approximate surface area is 134 Å². The fraction of sp³-hybridized carbons (Fsp3) is 0.471. The summed E-state index contributed by atoms with van der Waals surface area (Å²) in [6, 6.07) is 0. The number of aryl methyl sites for hydroxylation is 3. The lowest BCUT2D eigenvalue weighted by Crippen LogP contribution is -2.15. The van der Waals surface area contributed by atoms with Crippen LogP contribution in [0.4, 0.5) is 0 Å². The van der Waals surface area contributed by atoms with Crippen LogP contribution in [0, 0.1) is 26.7 Å². The van der Waals surface area contributed by atoms with Gasteiger partial charge in [0.2, 0.25) is 0 Å². The zero-order valence-electron chi connectivity index (χ0n) is 13.2. The molecule has 1 aliphatic rings. The van der Waals surface area contributed by atoms with E-state index in [-0.39, 0.29) is 5.97 Å². The normalized spacial score (nSPS) is 17.9. The Hall–Kier alpha value is -1.75. The molecule has 0 saturated heterocycles. The Morgan fingerprint density at radius 3 is 2.86 bits per heavy atom. The number of allylic oxidation sites excluding steroid dienone is 2. The number of carbonyl (C=O) groups is 1. The summed E-state index contributed by atoms with van der Waals surface area (Å²) in [5.74, 6) is 0.958. The maximum atomic E-state index is 12.4. The van der Waals surface area contributed by atoms with Gasteiger partial charge in [-0.25, -0.2) is 14.8 Å². The van der Waals surface area contributed by atoms with E-state index in [9.17, 15) is 4.79 Å². The van der Waals surface area contributed by atoms with Crippen LogP contribution in [-0.2, 0) is 4.74 Å². The first-order valence-electron chi connectivity index (χ1n) is 7.62. The predicted molar refractivity (Wildman–Crippen MR) is 88.4 cm³/mol. The van der Waals surface area contributed by atoms with Crippen molar-refractivity contribution >= 4 is 27.5 Å². The summed E-state index contributed by atoms with van der Waals surface area (Å²) in [4.78, 5) is 22.8. The fourth-order valence-corrected chi connectivity index (χ4v) is 4.11. The minimum atomic E-state index is -0.230. The van der Waals surface area contributed by atoms with Gasteiger partial charge in [0.15, 0.2) is 0 Å². The lowest BCUT2D eigenvalue weighted by molar-refractivity contribution is 0.0437. The Bertz CT molecular complexity index is 749. The number of aromatic nitrogens is 2. The van der Waals surface area contributed by atoms with Crippen LogP contribution in [0.15, 0.2) is 12.2 Å². The number of fused-ring (bicyclic) bond motifs is 1. The first kappa shape index (κ1) is 15.2. The molecule has 0 saturated carbocycles. The molecule has 0 aliphatic heterocycles. The summed E-state index contributed by atoms with van der Waals surface area (Å²) in [5.41, 5.74) is 1.86. The van der Waals surface area contributed by atoms with Gasteiger partial charge < -0.3 is 4.74 Å². The molecule has 0 fully saturated rings. The molecule has 2 heterocycles. The van der Waals surface area contributed by atoms with Crippen LogP contribution in [0.5, 0.6) is 0 Å². The number of esters is 1. The molecule has 5 heteroatoms. The monoisotopic (exact) mass is 316 g/mol. The Morgan fingerprint density at radius 1 is 1.32 bits per heavy atom. The summed E-state index contributed by atoms with van der Waals surface area (Å²) in [6.07, 6.45) is 7.55. The summed E-state index contributed by atoms with van der Waals surface area (Å²) >= 11 is 1.41. The fourth-order valence-electron chi connectivity index (χ4n) is 2.94. The molecule has 3 rings (SSSR count). The van der Waals surface area contributed by atoms with Gasteiger partial charge >= 0.3 is 5.97 Å². The van der Waals surface area contributed by atoms with E-state index in [1.54, 1.807) is 0 Å². The minimum Gasteiger partial charge on any atom is -0.461 e. The van der Waals surface area contributed by atoms with Crippen LogP contribution >= 0.6 is 11.3 Å². The first-order valence-corrected chi connectivity index (χ1v) is 8.44. The van der Waals surface area contributed by atoms with E-state index in [4.69, 9.17) is 4.74 Å². The van der Waals surface area contributed by atoms with Gasteiger partial charge in [0.05, 0.1) is 6.61 Å². The molecule has 0 radical (unpaired) electrons. The average Bonchev–Trinajstić information content (AvgIpc) is 2.83. The van der Waals surface area contributed by atoms with Crippen molar-refractivity contribution in [2.75, 3.05) is 6.61 Å². The van der Waals surface area contributed by atoms with Crippen molar-refractivity contribution in [1.29, 1.82) is 0 Å². The van der Waals surface area contributed by atoms with Gasteiger partial charge in [-0.1, -0.05) is 12.2 Å². The maximum Gasteiger partial charge on any atom is 0.348 e. The highest BCUT2D eigenvalue weighted by molar-refractivity contribution is 7.20. The van der Waals surface area contributed by atoms with E-state index in [0.29, 0.717) is 17.4 Å². The van der Waals surface area contributed by atoms with Crippen molar-refractivity contribution in [2.24, 2.45) is 5.92 Å². The molecule has 0 aromatic carbocycles. The standard InChI is InChI=1S/C17H20N2O2S/c1-10-14-11(2)18-12(3)19-16(14)22-15(10)17(20)21-9-13-7-5-4-6-8-13/h4-5,13H,6-9H2,1-3H3. The molecule has 1 atom stereocenters. The van der Waals surface area contributed by atoms with E-state index in [0.717, 1.165) is 46.6 Å². The van der Waals surface area contributed by atoms with Gasteiger partial charge in [-0.2, -0.15) is 0 Å². The second-order valence-corrected chi connectivity index (χ2v) is 6.84. The third-order valence-corrected chi connectivity index (χ3v) is 5.26. The van der Waals surface area contributed by atoms with Crippen LogP contribution in [-0.4, -0.2) is 22.5 Å². The highest BCUT2D eigenvalue weighted by Crippen LogP contribution is 2.32. The van der Waals surface area contributed by atoms with Gasteiger partial charge in [-0.05, 0) is 51.5 Å². The largest absolute Gasteiger partial charge is 0.461 e. The molecule has 0 amide bonds. The first-order chi connectivity index (χ1) is 10.6. The van der Waals surface area contributed by atoms with Crippen molar-refractivity contribution in [3.05, 3.63) is 34.1 Å². The maximum absolute atomic E-state index is 12.4. The minimum absolute atomic E-state index is 0.230. The lowest BCUT2D eigenvalue weighted by Gasteiger charge is -2.17. The zero-order valence-corrected chi connectivity index (χ0v) is 14.0. The molecule has 0 spiro atoms. The molecular weight excluding hydrogens is 296 g/mol. The number of thiophene rings is 1. The molecule has 0 bridgehead atoms. The van der Waals surface area contributed by atoms with Crippen LogP contribution in [0.25, 0.3) is 10.2 Å². The van der Waals surface area contributed by atoms with Crippen molar-refractivity contribution < 1.29 is 9.53 Å². The third kappa shape index (κ3) is 2.90. The lowest BCUT2D eigenvalue weighted by atomic mass is 9.95. The molecule has 0 N–H and O–H groups in total. The Morgan fingerprint density at radius 2 is 2.14 bits per heavy atom. The molecule has 4 nitrogen and oxygen atoms in total. The SMILES string of the molecule is Cc1nc(C)c2c(C)c(C(=O)OCC3CC=CCC3)sc2n1. The Kier molecular flexibility index (Phi) is 4.25. The second-order valence-electron chi connectivity index (χ2n) is 5.84. The van der Waals surface area contributed by atoms with Gasteiger partial charge in [0.25, 0.3) is 0 Å². The number of carbonyl (C=O) groups excluding carboxylic acids is 1. The molecule has 22 heavy (non-hydrogen) atoms. The van der Waals surface area contributed by atoms with E-state index >= 15 is 0 Å². The molecule has 1 aliphatic carbocycles. The van der Waals surface area contributed by atoms with Gasteiger partial charge in [-0.15, -0.1) is 11.3 Å². The molecule has 116 valence electrons. The summed E-state index contributed by atoms with van der Waals surface area (Å²) in [5, 5.41) is 0.989. The molecular formula is C17H20N2O2S. The number of nitrogens with zero attached hydrogens (tertiary/aromatic N) is 2. The van der Waals surface area contributed by atoms with Crippen LogP contribution in [0.1, 0.15) is 46.0 Å². The van der Waals surface area contributed by atoms with E-state index in [1.165, 1.54) is 11.3 Å². The highest BCUT2D eigenvalue weighted by Gasteiger charge is 2.21. The topological polar surface area (TPSA) is 52.1 Å². The third-order valence-electron chi connectivity index (χ3n) is 4.10. The summed E-state index contributed by atoms with van der Waals surface area (Å²) in [7, 11) is 0. The second kappa shape index (κ2) is 6.16. The van der Waals surface area contributed by atoms with Crippen LogP contribution in [0.2, 0.25) is 0 Å².